The highest BCUT2D eigenvalue weighted by Crippen LogP contribution is 2.34. The number of aromatic nitrogens is 7. The summed E-state index contributed by atoms with van der Waals surface area (Å²) in [6.07, 6.45) is 14.9. The summed E-state index contributed by atoms with van der Waals surface area (Å²) in [5, 5.41) is 30.0. The van der Waals surface area contributed by atoms with Crippen LogP contribution in [0.3, 0.4) is 0 Å². The quantitative estimate of drug-likeness (QED) is 0.327. The van der Waals surface area contributed by atoms with Crippen molar-refractivity contribution in [3.8, 4) is 11.1 Å². The van der Waals surface area contributed by atoms with E-state index in [1.807, 2.05) is 27.8 Å². The van der Waals surface area contributed by atoms with Crippen molar-refractivity contribution >= 4 is 16.9 Å². The van der Waals surface area contributed by atoms with Crippen molar-refractivity contribution in [2.45, 2.75) is 43.9 Å². The van der Waals surface area contributed by atoms with Gasteiger partial charge in [0.15, 0.2) is 11.6 Å². The normalized spacial score (nSPS) is 20.5. The van der Waals surface area contributed by atoms with Gasteiger partial charge in [-0.2, -0.15) is 10.2 Å². The molecule has 0 radical (unpaired) electrons. The van der Waals surface area contributed by atoms with E-state index in [2.05, 4.69) is 42.2 Å². The Morgan fingerprint density at radius 1 is 0.951 bits per heavy atom. The highest BCUT2D eigenvalue weighted by Gasteiger charge is 2.31. The molecule has 11 heteroatoms. The van der Waals surface area contributed by atoms with Gasteiger partial charge < -0.3 is 15.1 Å². The highest BCUT2D eigenvalue weighted by molar-refractivity contribution is 5.78. The summed E-state index contributed by atoms with van der Waals surface area (Å²) in [5.74, 6) is 1.11. The minimum atomic E-state index is -1.34. The summed E-state index contributed by atoms with van der Waals surface area (Å²) < 4.78 is 17.0. The maximum absolute atomic E-state index is 13.3. The van der Waals surface area contributed by atoms with Crippen molar-refractivity contribution < 1.29 is 14.6 Å². The van der Waals surface area contributed by atoms with Crippen LogP contribution in [0.1, 0.15) is 49.2 Å². The third-order valence-electron chi connectivity index (χ3n) is 8.28. The molecule has 0 saturated heterocycles. The molecule has 2 N–H and O–H groups in total. The Kier molecular flexibility index (Phi) is 6.13. The van der Waals surface area contributed by atoms with Gasteiger partial charge in [-0.05, 0) is 55.5 Å². The summed E-state index contributed by atoms with van der Waals surface area (Å²) in [6, 6.07) is 7.90. The molecule has 2 aliphatic rings. The molecular formula is C30H29FN8O2. The van der Waals surface area contributed by atoms with Gasteiger partial charge in [0.25, 0.3) is 0 Å². The van der Waals surface area contributed by atoms with Crippen LogP contribution in [0.2, 0.25) is 0 Å². The monoisotopic (exact) mass is 552 g/mol. The third-order valence-corrected chi connectivity index (χ3v) is 8.28. The predicted octanol–water partition coefficient (Wildman–Crippen LogP) is 3.77. The van der Waals surface area contributed by atoms with E-state index in [1.165, 1.54) is 12.1 Å². The third kappa shape index (κ3) is 4.56. The van der Waals surface area contributed by atoms with Gasteiger partial charge in [0, 0.05) is 54.6 Å². The summed E-state index contributed by atoms with van der Waals surface area (Å²) in [4.78, 5) is 15.9. The molecule has 4 aromatic heterocycles. The van der Waals surface area contributed by atoms with Gasteiger partial charge in [-0.1, -0.05) is 18.2 Å². The first-order valence-electron chi connectivity index (χ1n) is 13.7. The Morgan fingerprint density at radius 2 is 1.76 bits per heavy atom. The van der Waals surface area contributed by atoms with Crippen LogP contribution < -0.4 is 4.90 Å². The summed E-state index contributed by atoms with van der Waals surface area (Å²) >= 11 is 0. The molecule has 7 rings (SSSR count). The summed E-state index contributed by atoms with van der Waals surface area (Å²) in [5.41, 5.74) is 3.66. The minimum Gasteiger partial charge on any atom is -0.391 e. The van der Waals surface area contributed by atoms with E-state index in [9.17, 15) is 14.6 Å². The first kappa shape index (κ1) is 25.5. The largest absolute Gasteiger partial charge is 0.391 e. The first-order valence-corrected chi connectivity index (χ1v) is 13.7. The van der Waals surface area contributed by atoms with Crippen LogP contribution in [0.4, 0.5) is 10.2 Å². The predicted molar refractivity (Wildman–Crippen MR) is 150 cm³/mol. The van der Waals surface area contributed by atoms with E-state index in [4.69, 9.17) is 0 Å². The van der Waals surface area contributed by atoms with Gasteiger partial charge in [0.05, 0.1) is 18.3 Å². The van der Waals surface area contributed by atoms with Crippen molar-refractivity contribution in [2.24, 2.45) is 0 Å². The zero-order valence-corrected chi connectivity index (χ0v) is 22.5. The van der Waals surface area contributed by atoms with Gasteiger partial charge in [0.1, 0.15) is 23.3 Å². The second kappa shape index (κ2) is 9.86. The van der Waals surface area contributed by atoms with Crippen LogP contribution in [0.25, 0.3) is 22.2 Å². The number of aliphatic hydroxyl groups is 2. The zero-order valence-electron chi connectivity index (χ0n) is 22.5. The van der Waals surface area contributed by atoms with Gasteiger partial charge in [0.2, 0.25) is 0 Å². The van der Waals surface area contributed by atoms with E-state index >= 15 is 0 Å². The van der Waals surface area contributed by atoms with Gasteiger partial charge in [-0.3, -0.25) is 4.68 Å². The topological polar surface area (TPSA) is 117 Å². The molecular weight excluding hydrogens is 523 g/mol. The SMILES string of the molecule is CC(O)(c1ccc(F)cc1)c1cnc(C2=CCN(c3ncnn4cc(-c5cnn([C@@H]6CC[C@H]6O)c5)cc34)CC2)nc1. The molecule has 1 saturated carbocycles. The standard InChI is InChI=1S/C30H29FN8O2/c1-30(41,22-2-4-24(31)5-3-22)23-14-32-28(33-15-23)19-8-10-37(11-9-19)29-26-12-20(16-39(26)36-18-34-29)21-13-35-38(17-21)25-6-7-27(25)40/h2-5,8,12-18,25,27,40-41H,6-7,9-11H2,1H3/t25-,27-,30?/m1/s1. The number of hydrogen-bond donors (Lipinski definition) is 2. The number of fused-ring (bicyclic) bond motifs is 1. The lowest BCUT2D eigenvalue weighted by atomic mass is 9.89. The molecule has 5 aromatic rings. The van der Waals surface area contributed by atoms with Crippen molar-refractivity contribution in [3.63, 3.8) is 0 Å². The molecule has 1 aliphatic carbocycles. The van der Waals surface area contributed by atoms with Gasteiger partial charge >= 0.3 is 0 Å². The molecule has 0 spiro atoms. The number of hydrogen-bond acceptors (Lipinski definition) is 8. The minimum absolute atomic E-state index is 0.0496. The average Bonchev–Trinajstić information content (AvgIpc) is 3.64. The van der Waals surface area contributed by atoms with E-state index in [0.29, 0.717) is 23.5 Å². The van der Waals surface area contributed by atoms with Crippen LogP contribution >= 0.6 is 0 Å². The molecule has 3 atom stereocenters. The lowest BCUT2D eigenvalue weighted by Crippen LogP contribution is -2.33. The lowest BCUT2D eigenvalue weighted by molar-refractivity contribution is 0.0254. The molecule has 0 amide bonds. The van der Waals surface area contributed by atoms with Crippen molar-refractivity contribution in [1.29, 1.82) is 0 Å². The Balaban J connectivity index is 1.09. The van der Waals surface area contributed by atoms with Gasteiger partial charge in [-0.15, -0.1) is 0 Å². The molecule has 1 aliphatic heterocycles. The highest BCUT2D eigenvalue weighted by atomic mass is 19.1. The number of anilines is 1. The fourth-order valence-electron chi connectivity index (χ4n) is 5.51. The lowest BCUT2D eigenvalue weighted by Gasteiger charge is -2.32. The smallest absolute Gasteiger partial charge is 0.156 e. The second-order valence-electron chi connectivity index (χ2n) is 10.9. The van der Waals surface area contributed by atoms with E-state index < -0.39 is 5.60 Å². The Hall–Kier alpha value is -4.48. The van der Waals surface area contributed by atoms with Crippen LogP contribution in [0, 0.1) is 5.82 Å². The van der Waals surface area contributed by atoms with Crippen LogP contribution in [0.15, 0.2) is 73.7 Å². The van der Waals surface area contributed by atoms with Crippen molar-refractivity contribution in [3.05, 3.63) is 96.5 Å². The van der Waals surface area contributed by atoms with Gasteiger partial charge in [-0.25, -0.2) is 23.9 Å². The number of benzene rings is 1. The first-order chi connectivity index (χ1) is 19.9. The van der Waals surface area contributed by atoms with E-state index in [1.54, 1.807) is 37.8 Å². The van der Waals surface area contributed by atoms with Crippen molar-refractivity contribution in [1.82, 2.24) is 34.3 Å². The molecule has 208 valence electrons. The molecule has 10 nitrogen and oxygen atoms in total. The van der Waals surface area contributed by atoms with Crippen LogP contribution in [-0.4, -0.2) is 63.8 Å². The fourth-order valence-corrected chi connectivity index (χ4v) is 5.51. The number of rotatable bonds is 6. The van der Waals surface area contributed by atoms with Crippen LogP contribution in [-0.2, 0) is 5.60 Å². The molecule has 1 unspecified atom stereocenters. The Bertz CT molecular complexity index is 1740. The average molecular weight is 553 g/mol. The summed E-state index contributed by atoms with van der Waals surface area (Å²) in [7, 11) is 0. The van der Waals surface area contributed by atoms with E-state index in [-0.39, 0.29) is 18.0 Å². The Morgan fingerprint density at radius 3 is 2.44 bits per heavy atom. The van der Waals surface area contributed by atoms with E-state index in [0.717, 1.165) is 53.8 Å². The van der Waals surface area contributed by atoms with Crippen LogP contribution in [0.5, 0.6) is 0 Å². The Labute approximate surface area is 235 Å². The molecule has 5 heterocycles. The molecule has 1 aromatic carbocycles. The second-order valence-corrected chi connectivity index (χ2v) is 10.9. The zero-order chi connectivity index (χ0) is 28.1. The molecule has 1 fully saturated rings. The number of nitrogens with zero attached hydrogens (tertiary/aromatic N) is 8. The number of halogens is 1. The maximum atomic E-state index is 13.3. The fraction of sp³-hybridized carbons (Fsp3) is 0.300. The molecule has 41 heavy (non-hydrogen) atoms. The number of aliphatic hydroxyl groups excluding tert-OH is 1. The molecule has 0 bridgehead atoms. The maximum Gasteiger partial charge on any atom is 0.156 e. The summed E-state index contributed by atoms with van der Waals surface area (Å²) in [6.45, 7) is 3.02. The van der Waals surface area contributed by atoms with Crippen molar-refractivity contribution in [2.75, 3.05) is 18.0 Å².